The minimum atomic E-state index is -3.50. The van der Waals surface area contributed by atoms with Crippen molar-refractivity contribution in [3.63, 3.8) is 0 Å². The fraction of sp³-hybridized carbons (Fsp3) is 0.333. The topological polar surface area (TPSA) is 113 Å². The molecule has 1 aliphatic heterocycles. The summed E-state index contributed by atoms with van der Waals surface area (Å²) in [6, 6.07) is 6.02. The predicted molar refractivity (Wildman–Crippen MR) is 85.7 cm³/mol. The van der Waals surface area contributed by atoms with E-state index in [0.29, 0.717) is 12.1 Å². The van der Waals surface area contributed by atoms with Gasteiger partial charge in [0.05, 0.1) is 18.0 Å². The van der Waals surface area contributed by atoms with Gasteiger partial charge in [0.15, 0.2) is 6.10 Å². The van der Waals surface area contributed by atoms with Crippen LogP contribution < -0.4 is 4.72 Å². The lowest BCUT2D eigenvalue weighted by Gasteiger charge is -2.30. The molecule has 0 saturated carbocycles. The Balaban J connectivity index is 2.02. The zero-order valence-corrected chi connectivity index (χ0v) is 13.8. The Morgan fingerprint density at radius 3 is 2.58 bits per heavy atom. The van der Waals surface area contributed by atoms with Crippen LogP contribution in [0.15, 0.2) is 35.2 Å². The van der Waals surface area contributed by atoms with E-state index in [2.05, 4.69) is 4.72 Å². The summed E-state index contributed by atoms with van der Waals surface area (Å²) in [5.41, 5.74) is 0.654. The Morgan fingerprint density at radius 2 is 2.00 bits per heavy atom. The van der Waals surface area contributed by atoms with E-state index in [1.165, 1.54) is 30.2 Å². The smallest absolute Gasteiger partial charge is 0.334 e. The third-order valence-corrected chi connectivity index (χ3v) is 4.96. The molecule has 1 heterocycles. The Morgan fingerprint density at radius 1 is 1.33 bits per heavy atom. The first kappa shape index (κ1) is 18.1. The van der Waals surface area contributed by atoms with Crippen molar-refractivity contribution in [1.82, 2.24) is 9.62 Å². The average molecular weight is 354 g/mol. The maximum atomic E-state index is 12.1. The molecule has 24 heavy (non-hydrogen) atoms. The summed E-state index contributed by atoms with van der Waals surface area (Å²) < 4.78 is 30.5. The molecule has 8 nitrogen and oxygen atoms in total. The first-order valence-electron chi connectivity index (χ1n) is 7.18. The number of rotatable bonds is 5. The quantitative estimate of drug-likeness (QED) is 0.715. The van der Waals surface area contributed by atoms with Gasteiger partial charge in [-0.3, -0.25) is 4.79 Å². The number of benzene rings is 1. The summed E-state index contributed by atoms with van der Waals surface area (Å²) in [6.07, 6.45) is 1.86. The van der Waals surface area contributed by atoms with E-state index in [1.807, 2.05) is 0 Å². The summed E-state index contributed by atoms with van der Waals surface area (Å²) >= 11 is 0. The zero-order chi connectivity index (χ0) is 17.7. The standard InChI is InChI=1S/C15H18N2O6S/c1-16-24(21,22)12-5-2-11(3-6-12)4-7-14(18)17-8-9-23-13(10-17)15(19)20/h2-7,13,16H,8-10H2,1H3,(H,19,20)/b7-4+. The van der Waals surface area contributed by atoms with E-state index in [1.54, 1.807) is 18.2 Å². The normalized spacial score (nSPS) is 18.7. The molecule has 0 radical (unpaired) electrons. The molecule has 9 heteroatoms. The molecule has 1 aliphatic rings. The summed E-state index contributed by atoms with van der Waals surface area (Å²) in [5, 5.41) is 8.92. The van der Waals surface area contributed by atoms with Crippen LogP contribution in [-0.2, 0) is 24.3 Å². The molecule has 2 N–H and O–H groups in total. The Kier molecular flexibility index (Phi) is 5.71. The maximum Gasteiger partial charge on any atom is 0.334 e. The lowest BCUT2D eigenvalue weighted by Crippen LogP contribution is -2.48. The molecule has 1 fully saturated rings. The molecule has 1 amide bonds. The van der Waals surface area contributed by atoms with Gasteiger partial charge in [0.1, 0.15) is 0 Å². The SMILES string of the molecule is CNS(=O)(=O)c1ccc(/C=C/C(=O)N2CCOC(C(=O)O)C2)cc1. The molecule has 1 unspecified atom stereocenters. The van der Waals surface area contributed by atoms with Gasteiger partial charge < -0.3 is 14.7 Å². The zero-order valence-electron chi connectivity index (χ0n) is 13.0. The number of hydrogen-bond donors (Lipinski definition) is 2. The highest BCUT2D eigenvalue weighted by Crippen LogP contribution is 2.12. The number of carboxylic acid groups (broad SMARTS) is 1. The fourth-order valence-corrected chi connectivity index (χ4v) is 2.88. The molecule has 0 bridgehead atoms. The summed E-state index contributed by atoms with van der Waals surface area (Å²) in [6.45, 7) is 0.497. The summed E-state index contributed by atoms with van der Waals surface area (Å²) in [4.78, 5) is 24.5. The highest BCUT2D eigenvalue weighted by atomic mass is 32.2. The highest BCUT2D eigenvalue weighted by molar-refractivity contribution is 7.89. The van der Waals surface area contributed by atoms with Crippen LogP contribution in [0.25, 0.3) is 6.08 Å². The molecule has 0 spiro atoms. The van der Waals surface area contributed by atoms with Crippen LogP contribution in [0.2, 0.25) is 0 Å². The molecule has 130 valence electrons. The summed E-state index contributed by atoms with van der Waals surface area (Å²) in [7, 11) is -2.17. The number of morpholine rings is 1. The largest absolute Gasteiger partial charge is 0.479 e. The molecule has 0 aromatic heterocycles. The number of sulfonamides is 1. The summed E-state index contributed by atoms with van der Waals surface area (Å²) in [5.74, 6) is -1.42. The molecule has 1 saturated heterocycles. The molecule has 1 aromatic rings. The number of carboxylic acids is 1. The van der Waals surface area contributed by atoms with Crippen LogP contribution in [0, 0.1) is 0 Å². The Bertz CT molecular complexity index is 742. The molecule has 2 rings (SSSR count). The predicted octanol–water partition coefficient (Wildman–Crippen LogP) is -0.0801. The van der Waals surface area contributed by atoms with Crippen molar-refractivity contribution < 1.29 is 27.9 Å². The maximum absolute atomic E-state index is 12.1. The second kappa shape index (κ2) is 7.56. The fourth-order valence-electron chi connectivity index (χ4n) is 2.15. The Labute approximate surface area is 139 Å². The number of amides is 1. The third kappa shape index (κ3) is 4.40. The van der Waals surface area contributed by atoms with Crippen LogP contribution >= 0.6 is 0 Å². The second-order valence-corrected chi connectivity index (χ2v) is 6.98. The van der Waals surface area contributed by atoms with E-state index in [-0.39, 0.29) is 24.0 Å². The van der Waals surface area contributed by atoms with Crippen molar-refractivity contribution in [3.8, 4) is 0 Å². The number of aliphatic carboxylic acids is 1. The van der Waals surface area contributed by atoms with Crippen molar-refractivity contribution in [3.05, 3.63) is 35.9 Å². The van der Waals surface area contributed by atoms with Gasteiger partial charge >= 0.3 is 5.97 Å². The van der Waals surface area contributed by atoms with E-state index in [4.69, 9.17) is 9.84 Å². The first-order chi connectivity index (χ1) is 11.3. The number of nitrogens with zero attached hydrogens (tertiary/aromatic N) is 1. The number of ether oxygens (including phenoxy) is 1. The molecular formula is C15H18N2O6S. The van der Waals surface area contributed by atoms with E-state index in [0.717, 1.165) is 0 Å². The van der Waals surface area contributed by atoms with Crippen molar-refractivity contribution in [2.75, 3.05) is 26.7 Å². The highest BCUT2D eigenvalue weighted by Gasteiger charge is 2.27. The van der Waals surface area contributed by atoms with Crippen molar-refractivity contribution >= 4 is 28.0 Å². The van der Waals surface area contributed by atoms with Gasteiger partial charge in [-0.1, -0.05) is 12.1 Å². The monoisotopic (exact) mass is 354 g/mol. The second-order valence-electron chi connectivity index (χ2n) is 5.09. The number of carbonyl (C=O) groups excluding carboxylic acids is 1. The number of hydrogen-bond acceptors (Lipinski definition) is 5. The van der Waals surface area contributed by atoms with E-state index in [9.17, 15) is 18.0 Å². The molecular weight excluding hydrogens is 336 g/mol. The number of carbonyl (C=O) groups is 2. The minimum Gasteiger partial charge on any atom is -0.479 e. The molecule has 1 atom stereocenters. The number of nitrogens with one attached hydrogen (secondary N) is 1. The average Bonchev–Trinajstić information content (AvgIpc) is 2.60. The van der Waals surface area contributed by atoms with Crippen molar-refractivity contribution in [2.45, 2.75) is 11.0 Å². The lowest BCUT2D eigenvalue weighted by atomic mass is 10.2. The van der Waals surface area contributed by atoms with Crippen LogP contribution in [0.4, 0.5) is 0 Å². The van der Waals surface area contributed by atoms with Gasteiger partial charge in [0.25, 0.3) is 0 Å². The van der Waals surface area contributed by atoms with Crippen LogP contribution in [0.3, 0.4) is 0 Å². The van der Waals surface area contributed by atoms with Crippen molar-refractivity contribution in [1.29, 1.82) is 0 Å². The van der Waals surface area contributed by atoms with E-state index < -0.39 is 22.1 Å². The molecule has 1 aromatic carbocycles. The van der Waals surface area contributed by atoms with Crippen LogP contribution in [0.5, 0.6) is 0 Å². The van der Waals surface area contributed by atoms with Gasteiger partial charge in [0, 0.05) is 12.6 Å². The van der Waals surface area contributed by atoms with Gasteiger partial charge in [0.2, 0.25) is 15.9 Å². The Hall–Kier alpha value is -2.23. The van der Waals surface area contributed by atoms with Crippen molar-refractivity contribution in [2.24, 2.45) is 0 Å². The van der Waals surface area contributed by atoms with Gasteiger partial charge in [-0.25, -0.2) is 17.9 Å². The van der Waals surface area contributed by atoms with E-state index >= 15 is 0 Å². The minimum absolute atomic E-state index is 0.00213. The molecule has 0 aliphatic carbocycles. The van der Waals surface area contributed by atoms with Gasteiger partial charge in [-0.05, 0) is 30.8 Å². The third-order valence-electron chi connectivity index (χ3n) is 3.53. The van der Waals surface area contributed by atoms with Gasteiger partial charge in [-0.2, -0.15) is 0 Å². The lowest BCUT2D eigenvalue weighted by molar-refractivity contribution is -0.158. The van der Waals surface area contributed by atoms with Crippen LogP contribution in [0.1, 0.15) is 5.56 Å². The first-order valence-corrected chi connectivity index (χ1v) is 8.67. The van der Waals surface area contributed by atoms with Gasteiger partial charge in [-0.15, -0.1) is 0 Å². The van der Waals surface area contributed by atoms with Crippen LogP contribution in [-0.4, -0.2) is 63.1 Å².